The van der Waals surface area contributed by atoms with E-state index in [1.165, 1.54) is 12.1 Å². The Morgan fingerprint density at radius 2 is 2.15 bits per heavy atom. The Labute approximate surface area is 73.8 Å². The molecule has 1 atom stereocenters. The number of aliphatic hydroxyl groups is 1. The summed E-state index contributed by atoms with van der Waals surface area (Å²) >= 11 is 0. The van der Waals surface area contributed by atoms with E-state index in [-0.39, 0.29) is 12.0 Å². The zero-order valence-corrected chi connectivity index (χ0v) is 6.71. The Morgan fingerprint density at radius 1 is 1.46 bits per heavy atom. The molecule has 0 saturated heterocycles. The molecule has 0 heterocycles. The maximum Gasteiger partial charge on any atom is 0.164 e. The molecule has 1 aromatic carbocycles. The van der Waals surface area contributed by atoms with Crippen molar-refractivity contribution in [1.82, 2.24) is 0 Å². The van der Waals surface area contributed by atoms with Gasteiger partial charge < -0.3 is 9.90 Å². The van der Waals surface area contributed by atoms with Gasteiger partial charge in [-0.15, -0.1) is 0 Å². The lowest BCUT2D eigenvalue weighted by Crippen LogP contribution is -2.02. The van der Waals surface area contributed by atoms with Gasteiger partial charge in [0.25, 0.3) is 0 Å². The first-order chi connectivity index (χ1) is 6.16. The summed E-state index contributed by atoms with van der Waals surface area (Å²) in [4.78, 5) is 10.0. The topological polar surface area (TPSA) is 37.3 Å². The van der Waals surface area contributed by atoms with Crippen molar-refractivity contribution in [1.29, 1.82) is 0 Å². The van der Waals surface area contributed by atoms with Gasteiger partial charge in [0.2, 0.25) is 0 Å². The monoisotopic (exact) mass is 186 g/mol. The standard InChI is InChI=1S/C9H8F2O2/c10-7-3-1-2-6(9(7)11)8(13)4-5-12/h1-3,5,8,13H,4H2. The Morgan fingerprint density at radius 3 is 2.77 bits per heavy atom. The summed E-state index contributed by atoms with van der Waals surface area (Å²) in [6, 6.07) is 3.47. The van der Waals surface area contributed by atoms with Gasteiger partial charge in [-0.25, -0.2) is 8.78 Å². The molecule has 1 rings (SSSR count). The van der Waals surface area contributed by atoms with Gasteiger partial charge in [-0.3, -0.25) is 0 Å². The van der Waals surface area contributed by atoms with E-state index < -0.39 is 17.7 Å². The third kappa shape index (κ3) is 2.09. The minimum absolute atomic E-state index is 0.188. The number of hydrogen-bond acceptors (Lipinski definition) is 2. The molecule has 2 nitrogen and oxygen atoms in total. The van der Waals surface area contributed by atoms with Crippen LogP contribution in [-0.4, -0.2) is 11.4 Å². The first-order valence-electron chi connectivity index (χ1n) is 3.72. The van der Waals surface area contributed by atoms with Gasteiger partial charge in [-0.2, -0.15) is 0 Å². The highest BCUT2D eigenvalue weighted by molar-refractivity contribution is 5.51. The molecular formula is C9H8F2O2. The first-order valence-corrected chi connectivity index (χ1v) is 3.72. The summed E-state index contributed by atoms with van der Waals surface area (Å²) in [6.07, 6.45) is -1.05. The van der Waals surface area contributed by atoms with Crippen molar-refractivity contribution in [3.63, 3.8) is 0 Å². The Bertz CT molecular complexity index is 312. The predicted octanol–water partition coefficient (Wildman–Crippen LogP) is 1.59. The summed E-state index contributed by atoms with van der Waals surface area (Å²) in [7, 11) is 0. The number of benzene rings is 1. The van der Waals surface area contributed by atoms with Crippen LogP contribution in [0.5, 0.6) is 0 Å². The molecule has 0 amide bonds. The molecule has 1 N–H and O–H groups in total. The van der Waals surface area contributed by atoms with Gasteiger partial charge in [0.05, 0.1) is 6.10 Å². The van der Waals surface area contributed by atoms with Gasteiger partial charge in [-0.05, 0) is 6.07 Å². The average Bonchev–Trinajstić information content (AvgIpc) is 2.10. The van der Waals surface area contributed by atoms with Gasteiger partial charge in [-0.1, -0.05) is 12.1 Å². The van der Waals surface area contributed by atoms with Gasteiger partial charge >= 0.3 is 0 Å². The van der Waals surface area contributed by atoms with Gasteiger partial charge in [0.1, 0.15) is 6.29 Å². The van der Waals surface area contributed by atoms with Crippen LogP contribution in [0.25, 0.3) is 0 Å². The number of carbonyl (C=O) groups is 1. The minimum atomic E-state index is -1.27. The molecule has 0 radical (unpaired) electrons. The third-order valence-electron chi connectivity index (χ3n) is 1.66. The van der Waals surface area contributed by atoms with E-state index in [4.69, 9.17) is 0 Å². The highest BCUT2D eigenvalue weighted by Crippen LogP contribution is 2.20. The fourth-order valence-corrected chi connectivity index (χ4v) is 0.996. The van der Waals surface area contributed by atoms with E-state index in [1.807, 2.05) is 0 Å². The van der Waals surface area contributed by atoms with Crippen molar-refractivity contribution in [3.8, 4) is 0 Å². The molecule has 0 bridgehead atoms. The Balaban J connectivity index is 3.00. The number of carbonyl (C=O) groups excluding carboxylic acids is 1. The third-order valence-corrected chi connectivity index (χ3v) is 1.66. The van der Waals surface area contributed by atoms with E-state index in [0.29, 0.717) is 6.29 Å². The molecule has 0 saturated carbocycles. The Hall–Kier alpha value is -1.29. The van der Waals surface area contributed by atoms with E-state index >= 15 is 0 Å². The summed E-state index contributed by atoms with van der Waals surface area (Å²) in [5, 5.41) is 9.19. The Kier molecular flexibility index (Phi) is 3.08. The second-order valence-corrected chi connectivity index (χ2v) is 2.56. The smallest absolute Gasteiger partial charge is 0.164 e. The highest BCUT2D eigenvalue weighted by Gasteiger charge is 2.14. The largest absolute Gasteiger partial charge is 0.388 e. The lowest BCUT2D eigenvalue weighted by atomic mass is 10.1. The van der Waals surface area contributed by atoms with Crippen LogP contribution in [0.1, 0.15) is 18.1 Å². The van der Waals surface area contributed by atoms with E-state index in [9.17, 15) is 18.7 Å². The van der Waals surface area contributed by atoms with Gasteiger partial charge in [0.15, 0.2) is 11.6 Å². The average molecular weight is 186 g/mol. The van der Waals surface area contributed by atoms with E-state index in [2.05, 4.69) is 0 Å². The number of rotatable bonds is 3. The second-order valence-electron chi connectivity index (χ2n) is 2.56. The first kappa shape index (κ1) is 9.80. The van der Waals surface area contributed by atoms with Crippen molar-refractivity contribution in [2.24, 2.45) is 0 Å². The van der Waals surface area contributed by atoms with Crippen molar-refractivity contribution in [3.05, 3.63) is 35.4 Å². The van der Waals surface area contributed by atoms with Crippen LogP contribution in [0, 0.1) is 11.6 Å². The molecule has 1 unspecified atom stereocenters. The summed E-state index contributed by atoms with van der Waals surface area (Å²) < 4.78 is 25.5. The molecule has 70 valence electrons. The highest BCUT2D eigenvalue weighted by atomic mass is 19.2. The number of aliphatic hydroxyl groups excluding tert-OH is 1. The van der Waals surface area contributed by atoms with Crippen LogP contribution in [0.2, 0.25) is 0 Å². The molecular weight excluding hydrogens is 178 g/mol. The second kappa shape index (κ2) is 4.09. The lowest BCUT2D eigenvalue weighted by Gasteiger charge is -2.08. The van der Waals surface area contributed by atoms with E-state index in [1.54, 1.807) is 0 Å². The molecule has 0 fully saturated rings. The normalized spacial score (nSPS) is 12.5. The van der Waals surface area contributed by atoms with Crippen molar-refractivity contribution in [2.75, 3.05) is 0 Å². The van der Waals surface area contributed by atoms with Crippen molar-refractivity contribution < 1.29 is 18.7 Å². The number of hydrogen-bond donors (Lipinski definition) is 1. The molecule has 0 spiro atoms. The van der Waals surface area contributed by atoms with Crippen LogP contribution in [0.15, 0.2) is 18.2 Å². The fraction of sp³-hybridized carbons (Fsp3) is 0.222. The zero-order chi connectivity index (χ0) is 9.84. The minimum Gasteiger partial charge on any atom is -0.388 e. The maximum absolute atomic E-state index is 12.9. The molecule has 13 heavy (non-hydrogen) atoms. The summed E-state index contributed by atoms with van der Waals surface area (Å²) in [5.41, 5.74) is -0.188. The lowest BCUT2D eigenvalue weighted by molar-refractivity contribution is -0.109. The van der Waals surface area contributed by atoms with E-state index in [0.717, 1.165) is 6.07 Å². The quantitative estimate of drug-likeness (QED) is 0.728. The van der Waals surface area contributed by atoms with Crippen molar-refractivity contribution in [2.45, 2.75) is 12.5 Å². The number of halogens is 2. The molecule has 4 heteroatoms. The predicted molar refractivity (Wildman–Crippen MR) is 42.0 cm³/mol. The van der Waals surface area contributed by atoms with Crippen LogP contribution in [0.4, 0.5) is 8.78 Å². The van der Waals surface area contributed by atoms with Crippen LogP contribution in [-0.2, 0) is 4.79 Å². The molecule has 0 aliphatic heterocycles. The van der Waals surface area contributed by atoms with Crippen LogP contribution >= 0.6 is 0 Å². The van der Waals surface area contributed by atoms with Crippen LogP contribution in [0.3, 0.4) is 0 Å². The number of aldehydes is 1. The van der Waals surface area contributed by atoms with Crippen molar-refractivity contribution >= 4 is 6.29 Å². The fourth-order valence-electron chi connectivity index (χ4n) is 0.996. The molecule has 1 aromatic rings. The zero-order valence-electron chi connectivity index (χ0n) is 6.71. The summed E-state index contributed by atoms with van der Waals surface area (Å²) in [5.74, 6) is -2.13. The molecule has 0 aliphatic carbocycles. The molecule has 0 aromatic heterocycles. The molecule has 0 aliphatic rings. The summed E-state index contributed by atoms with van der Waals surface area (Å²) in [6.45, 7) is 0. The SMILES string of the molecule is O=CCC(O)c1cccc(F)c1F. The van der Waals surface area contributed by atoms with Crippen LogP contribution < -0.4 is 0 Å². The van der Waals surface area contributed by atoms with Gasteiger partial charge in [0, 0.05) is 12.0 Å². The maximum atomic E-state index is 12.9.